The van der Waals surface area contributed by atoms with Crippen molar-refractivity contribution in [1.29, 1.82) is 5.26 Å². The van der Waals surface area contributed by atoms with Gasteiger partial charge >= 0.3 is 0 Å². The van der Waals surface area contributed by atoms with E-state index >= 15 is 0 Å². The summed E-state index contributed by atoms with van der Waals surface area (Å²) in [6.45, 7) is 5.31. The average molecular weight is 656 g/mol. The summed E-state index contributed by atoms with van der Waals surface area (Å²) >= 11 is 20.6. The minimum atomic E-state index is -0.537. The first kappa shape index (κ1) is 29.6. The van der Waals surface area contributed by atoms with E-state index in [4.69, 9.17) is 34.8 Å². The standard InChI is InChI=1S/C30H26Cl3FN8S/c1-2-41-9-7-20(8-10-41)42-16-25(39-40-42)30(26-5-6-27(33)43-26)38-19-11-21-28(37-18-3-4-24(34)22(31)12-18)17(14-35)15-36-29(21)23(32)13-19/h3-6,11-13,15-16,20,30,38H,2,7-10H2,1H3,(H,36,37). The number of nitriles is 1. The topological polar surface area (TPSA) is 94.7 Å². The molecule has 0 spiro atoms. The van der Waals surface area contributed by atoms with E-state index < -0.39 is 5.82 Å². The number of halogens is 4. The third-order valence-electron chi connectivity index (χ3n) is 7.63. The van der Waals surface area contributed by atoms with Crippen LogP contribution < -0.4 is 10.6 Å². The van der Waals surface area contributed by atoms with Gasteiger partial charge in [-0.25, -0.2) is 9.07 Å². The molecule has 6 rings (SSSR count). The fourth-order valence-electron chi connectivity index (χ4n) is 5.32. The first-order valence-electron chi connectivity index (χ1n) is 13.7. The van der Waals surface area contributed by atoms with Crippen LogP contribution in [0.4, 0.5) is 21.5 Å². The Labute approximate surface area is 267 Å². The van der Waals surface area contributed by atoms with Crippen LogP contribution in [-0.2, 0) is 0 Å². The van der Waals surface area contributed by atoms with Gasteiger partial charge < -0.3 is 15.5 Å². The van der Waals surface area contributed by atoms with Crippen LogP contribution in [0, 0.1) is 17.1 Å². The van der Waals surface area contributed by atoms with Crippen LogP contribution in [0.5, 0.6) is 0 Å². The molecule has 5 aromatic rings. The van der Waals surface area contributed by atoms with Gasteiger partial charge in [-0.2, -0.15) is 5.26 Å². The van der Waals surface area contributed by atoms with E-state index in [2.05, 4.69) is 43.8 Å². The summed E-state index contributed by atoms with van der Waals surface area (Å²) in [6.07, 6.45) is 5.49. The molecule has 4 heterocycles. The number of hydrogen-bond donors (Lipinski definition) is 2. The van der Waals surface area contributed by atoms with Gasteiger partial charge in [0.05, 0.1) is 43.4 Å². The Hall–Kier alpha value is -3.46. The highest BCUT2D eigenvalue weighted by Gasteiger charge is 2.25. The Kier molecular flexibility index (Phi) is 8.71. The van der Waals surface area contributed by atoms with E-state index in [1.807, 2.05) is 29.1 Å². The van der Waals surface area contributed by atoms with Gasteiger partial charge in [-0.15, -0.1) is 16.4 Å². The predicted molar refractivity (Wildman–Crippen MR) is 171 cm³/mol. The molecule has 1 saturated heterocycles. The molecule has 3 aromatic heterocycles. The fraction of sp³-hybridized carbons (Fsp3) is 0.267. The molecule has 0 amide bonds. The van der Waals surface area contributed by atoms with Gasteiger partial charge in [0.15, 0.2) is 0 Å². The number of piperidine rings is 1. The number of hydrogen-bond acceptors (Lipinski definition) is 8. The van der Waals surface area contributed by atoms with Crippen LogP contribution in [0.1, 0.15) is 48.0 Å². The average Bonchev–Trinajstić information content (AvgIpc) is 3.68. The Bertz CT molecular complexity index is 1830. The zero-order chi connectivity index (χ0) is 30.1. The molecule has 1 aliphatic rings. The number of fused-ring (bicyclic) bond motifs is 1. The lowest BCUT2D eigenvalue weighted by Crippen LogP contribution is -2.34. The van der Waals surface area contributed by atoms with Crippen molar-refractivity contribution in [2.45, 2.75) is 31.8 Å². The van der Waals surface area contributed by atoms with Crippen molar-refractivity contribution in [3.63, 3.8) is 0 Å². The largest absolute Gasteiger partial charge is 0.372 e. The Morgan fingerprint density at radius 2 is 1.88 bits per heavy atom. The monoisotopic (exact) mass is 654 g/mol. The van der Waals surface area contributed by atoms with Gasteiger partial charge in [0, 0.05) is 40.9 Å². The van der Waals surface area contributed by atoms with Crippen LogP contribution in [0.25, 0.3) is 10.9 Å². The molecule has 43 heavy (non-hydrogen) atoms. The molecule has 1 atom stereocenters. The molecular formula is C30H26Cl3FN8S. The lowest BCUT2D eigenvalue weighted by molar-refractivity contribution is 0.186. The Morgan fingerprint density at radius 3 is 2.58 bits per heavy atom. The van der Waals surface area contributed by atoms with Crippen molar-refractivity contribution in [1.82, 2.24) is 24.9 Å². The number of nitrogens with zero attached hydrogens (tertiary/aromatic N) is 6. The maximum atomic E-state index is 13.8. The van der Waals surface area contributed by atoms with Gasteiger partial charge in [-0.3, -0.25) is 4.98 Å². The maximum absolute atomic E-state index is 13.8. The summed E-state index contributed by atoms with van der Waals surface area (Å²) in [6, 6.07) is 13.8. The molecule has 0 aliphatic carbocycles. The zero-order valence-corrected chi connectivity index (χ0v) is 26.1. The van der Waals surface area contributed by atoms with Gasteiger partial charge in [0.1, 0.15) is 23.6 Å². The van der Waals surface area contributed by atoms with E-state index in [1.165, 1.54) is 29.7 Å². The van der Waals surface area contributed by atoms with Gasteiger partial charge in [-0.1, -0.05) is 46.9 Å². The highest BCUT2D eigenvalue weighted by atomic mass is 35.5. The van der Waals surface area contributed by atoms with Crippen LogP contribution in [0.2, 0.25) is 14.4 Å². The van der Waals surface area contributed by atoms with Crippen molar-refractivity contribution in [3.05, 3.63) is 91.2 Å². The zero-order valence-electron chi connectivity index (χ0n) is 23.0. The molecule has 13 heteroatoms. The maximum Gasteiger partial charge on any atom is 0.141 e. The predicted octanol–water partition coefficient (Wildman–Crippen LogP) is 8.46. The SMILES string of the molecule is CCN1CCC(n2cc(C(Nc3cc(Cl)c4ncc(C#N)c(Nc5ccc(F)c(Cl)c5)c4c3)c3ccc(Cl)s3)nn2)CC1. The molecule has 0 bridgehead atoms. The van der Waals surface area contributed by atoms with Crippen LogP contribution in [0.15, 0.2) is 54.9 Å². The van der Waals surface area contributed by atoms with Gasteiger partial charge in [-0.05, 0) is 61.9 Å². The van der Waals surface area contributed by atoms with Crippen molar-refractivity contribution in [2.24, 2.45) is 0 Å². The number of nitrogens with one attached hydrogen (secondary N) is 2. The van der Waals surface area contributed by atoms with E-state index in [9.17, 15) is 9.65 Å². The molecule has 0 saturated carbocycles. The molecule has 2 aromatic carbocycles. The summed E-state index contributed by atoms with van der Waals surface area (Å²) in [5.41, 5.74) is 3.20. The molecular weight excluding hydrogens is 630 g/mol. The second-order valence-electron chi connectivity index (χ2n) is 10.3. The summed E-state index contributed by atoms with van der Waals surface area (Å²) < 4.78 is 16.4. The van der Waals surface area contributed by atoms with E-state index in [1.54, 1.807) is 12.1 Å². The second kappa shape index (κ2) is 12.6. The number of thiophene rings is 1. The minimum absolute atomic E-state index is 0.0383. The lowest BCUT2D eigenvalue weighted by atomic mass is 10.1. The van der Waals surface area contributed by atoms with E-state index in [0.717, 1.165) is 43.0 Å². The summed E-state index contributed by atoms with van der Waals surface area (Å²) in [4.78, 5) is 7.84. The first-order chi connectivity index (χ1) is 20.8. The van der Waals surface area contributed by atoms with Crippen molar-refractivity contribution in [2.75, 3.05) is 30.3 Å². The molecule has 1 fully saturated rings. The van der Waals surface area contributed by atoms with Crippen molar-refractivity contribution in [3.8, 4) is 6.07 Å². The highest BCUT2D eigenvalue weighted by molar-refractivity contribution is 7.16. The van der Waals surface area contributed by atoms with Gasteiger partial charge in [0.2, 0.25) is 0 Å². The second-order valence-corrected chi connectivity index (χ2v) is 12.8. The molecule has 1 aliphatic heterocycles. The molecule has 220 valence electrons. The highest BCUT2D eigenvalue weighted by Crippen LogP contribution is 2.38. The number of pyridine rings is 1. The summed E-state index contributed by atoms with van der Waals surface area (Å²) in [5.74, 6) is -0.537. The van der Waals surface area contributed by atoms with Crippen LogP contribution in [-0.4, -0.2) is 44.5 Å². The molecule has 8 nitrogen and oxygen atoms in total. The third-order valence-corrected chi connectivity index (χ3v) is 9.50. The summed E-state index contributed by atoms with van der Waals surface area (Å²) in [7, 11) is 0. The van der Waals surface area contributed by atoms with Crippen molar-refractivity contribution >= 4 is 74.1 Å². The first-order valence-corrected chi connectivity index (χ1v) is 15.7. The minimum Gasteiger partial charge on any atom is -0.372 e. The van der Waals surface area contributed by atoms with Gasteiger partial charge in [0.25, 0.3) is 0 Å². The number of likely N-dealkylation sites (tertiary alicyclic amines) is 1. The lowest BCUT2D eigenvalue weighted by Gasteiger charge is -2.30. The molecule has 0 radical (unpaired) electrons. The summed E-state index contributed by atoms with van der Waals surface area (Å²) in [5, 5.41) is 26.7. The number of aromatic nitrogens is 4. The molecule has 1 unspecified atom stereocenters. The van der Waals surface area contributed by atoms with Crippen LogP contribution in [0.3, 0.4) is 0 Å². The van der Waals surface area contributed by atoms with Crippen molar-refractivity contribution < 1.29 is 4.39 Å². The number of anilines is 3. The Balaban J connectivity index is 1.37. The van der Waals surface area contributed by atoms with E-state index in [-0.39, 0.29) is 17.1 Å². The van der Waals surface area contributed by atoms with Crippen LogP contribution >= 0.6 is 46.1 Å². The Morgan fingerprint density at radius 1 is 1.09 bits per heavy atom. The quantitative estimate of drug-likeness (QED) is 0.173. The smallest absolute Gasteiger partial charge is 0.141 e. The number of benzene rings is 2. The fourth-order valence-corrected chi connectivity index (χ4v) is 6.90. The normalized spacial score (nSPS) is 15.0. The third kappa shape index (κ3) is 6.28. The van der Waals surface area contributed by atoms with E-state index in [0.29, 0.717) is 42.9 Å². The number of rotatable bonds is 8. The molecule has 2 N–H and O–H groups in total.